The summed E-state index contributed by atoms with van der Waals surface area (Å²) >= 11 is 3.43. The first-order valence-corrected chi connectivity index (χ1v) is 6.70. The minimum Gasteiger partial charge on any atom is -0.340 e. The second-order valence-electron chi connectivity index (χ2n) is 4.93. The highest BCUT2D eigenvalue weighted by molar-refractivity contribution is 9.10. The summed E-state index contributed by atoms with van der Waals surface area (Å²) in [5.41, 5.74) is 1.53. The smallest absolute Gasteiger partial charge is 0.243 e. The normalized spacial score (nSPS) is 15.9. The lowest BCUT2D eigenvalue weighted by molar-refractivity contribution is -0.134. The topological polar surface area (TPSA) is 44.1 Å². The van der Waals surface area contributed by atoms with Gasteiger partial charge in [0.2, 0.25) is 5.91 Å². The van der Waals surface area contributed by atoms with Crippen LogP contribution >= 0.6 is 15.9 Å². The molecule has 4 heteroatoms. The molecule has 0 heterocycles. The van der Waals surface area contributed by atoms with Crippen LogP contribution in [0.1, 0.15) is 24.0 Å². The van der Waals surface area contributed by atoms with E-state index in [1.54, 1.807) is 11.9 Å². The highest BCUT2D eigenvalue weighted by Crippen LogP contribution is 2.46. The molecule has 0 aromatic heterocycles. The summed E-state index contributed by atoms with van der Waals surface area (Å²) in [6, 6.07) is 8.17. The van der Waals surface area contributed by atoms with Crippen LogP contribution in [0.5, 0.6) is 0 Å². The maximum absolute atomic E-state index is 12.2. The quantitative estimate of drug-likeness (QED) is 0.861. The molecule has 18 heavy (non-hydrogen) atoms. The number of hydrogen-bond acceptors (Lipinski definition) is 2. The first-order valence-electron chi connectivity index (χ1n) is 5.90. The van der Waals surface area contributed by atoms with Crippen molar-refractivity contribution in [2.45, 2.75) is 26.3 Å². The lowest BCUT2D eigenvalue weighted by atomic mass is 10.1. The first kappa shape index (κ1) is 13.1. The molecule has 1 saturated carbocycles. The van der Waals surface area contributed by atoms with Crippen molar-refractivity contribution >= 4 is 21.8 Å². The van der Waals surface area contributed by atoms with Crippen LogP contribution < -0.4 is 0 Å². The second kappa shape index (κ2) is 4.74. The molecule has 1 fully saturated rings. The largest absolute Gasteiger partial charge is 0.340 e. The Labute approximate surface area is 116 Å². The van der Waals surface area contributed by atoms with E-state index in [4.69, 9.17) is 5.26 Å². The molecule has 1 aromatic rings. The number of hydrogen-bond donors (Lipinski definition) is 0. The number of rotatable bonds is 3. The molecular formula is C14H15BrN2O. The van der Waals surface area contributed by atoms with E-state index >= 15 is 0 Å². The molecule has 94 valence electrons. The van der Waals surface area contributed by atoms with Crippen LogP contribution in [0, 0.1) is 23.7 Å². The van der Waals surface area contributed by atoms with E-state index in [0.717, 1.165) is 15.6 Å². The Morgan fingerprint density at radius 1 is 1.56 bits per heavy atom. The highest BCUT2D eigenvalue weighted by atomic mass is 79.9. The Bertz CT molecular complexity index is 529. The molecular weight excluding hydrogens is 292 g/mol. The number of benzene rings is 1. The molecule has 0 bridgehead atoms. The molecule has 0 saturated heterocycles. The van der Waals surface area contributed by atoms with Crippen molar-refractivity contribution in [3.8, 4) is 6.07 Å². The van der Waals surface area contributed by atoms with Gasteiger partial charge in [-0.3, -0.25) is 4.79 Å². The standard InChI is InChI=1S/C14H15BrN2O/c1-10-3-4-12(15)7-11(10)8-17(2)13(18)14(9-16)5-6-14/h3-4,7H,5-6,8H2,1-2H3. The molecule has 3 nitrogen and oxygen atoms in total. The predicted octanol–water partition coefficient (Wildman–Crippen LogP) is 3.02. The molecule has 0 radical (unpaired) electrons. The third kappa shape index (κ3) is 2.41. The van der Waals surface area contributed by atoms with Gasteiger partial charge in [-0.2, -0.15) is 5.26 Å². The zero-order chi connectivity index (χ0) is 13.3. The van der Waals surface area contributed by atoms with Crippen LogP contribution in [0.2, 0.25) is 0 Å². The van der Waals surface area contributed by atoms with Crippen molar-refractivity contribution in [1.29, 1.82) is 5.26 Å². The average Bonchev–Trinajstić information content (AvgIpc) is 3.14. The molecule has 0 spiro atoms. The SMILES string of the molecule is Cc1ccc(Br)cc1CN(C)C(=O)C1(C#N)CC1. The van der Waals surface area contributed by atoms with Gasteiger partial charge in [-0.25, -0.2) is 0 Å². The zero-order valence-corrected chi connectivity index (χ0v) is 12.1. The van der Waals surface area contributed by atoms with Gasteiger partial charge < -0.3 is 4.90 Å². The molecule has 0 unspecified atom stereocenters. The third-order valence-electron chi connectivity index (χ3n) is 3.44. The molecule has 0 atom stereocenters. The molecule has 2 rings (SSSR count). The Kier molecular flexibility index (Phi) is 3.45. The zero-order valence-electron chi connectivity index (χ0n) is 10.5. The Hall–Kier alpha value is -1.34. The first-order chi connectivity index (χ1) is 8.48. The average molecular weight is 307 g/mol. The summed E-state index contributed by atoms with van der Waals surface area (Å²) in [7, 11) is 1.76. The molecule has 1 aliphatic rings. The van der Waals surface area contributed by atoms with E-state index < -0.39 is 5.41 Å². The number of aryl methyl sites for hydroxylation is 1. The second-order valence-corrected chi connectivity index (χ2v) is 5.84. The maximum Gasteiger partial charge on any atom is 0.243 e. The van der Waals surface area contributed by atoms with E-state index in [1.807, 2.05) is 25.1 Å². The summed E-state index contributed by atoms with van der Waals surface area (Å²) in [5.74, 6) is -0.0515. The molecule has 0 aliphatic heterocycles. The Morgan fingerprint density at radius 3 is 2.78 bits per heavy atom. The van der Waals surface area contributed by atoms with Crippen LogP contribution in [0.3, 0.4) is 0 Å². The fourth-order valence-electron chi connectivity index (χ4n) is 2.00. The monoisotopic (exact) mass is 306 g/mol. The lowest BCUT2D eigenvalue weighted by Gasteiger charge is -2.21. The number of nitriles is 1. The maximum atomic E-state index is 12.2. The molecule has 1 aliphatic carbocycles. The number of carbonyl (C=O) groups is 1. The molecule has 1 amide bonds. The Balaban J connectivity index is 2.12. The van der Waals surface area contributed by atoms with E-state index in [9.17, 15) is 4.79 Å². The van der Waals surface area contributed by atoms with Gasteiger partial charge in [-0.1, -0.05) is 22.0 Å². The van der Waals surface area contributed by atoms with Crippen molar-refractivity contribution in [1.82, 2.24) is 4.90 Å². The van der Waals surface area contributed by atoms with Crippen LogP contribution in [0.25, 0.3) is 0 Å². The van der Waals surface area contributed by atoms with Gasteiger partial charge in [-0.15, -0.1) is 0 Å². The summed E-state index contributed by atoms with van der Waals surface area (Å²) in [6.45, 7) is 2.57. The minimum atomic E-state index is -0.728. The van der Waals surface area contributed by atoms with Gasteiger partial charge in [0.05, 0.1) is 6.07 Å². The van der Waals surface area contributed by atoms with E-state index in [-0.39, 0.29) is 5.91 Å². The number of nitrogens with zero attached hydrogens (tertiary/aromatic N) is 2. The fraction of sp³-hybridized carbons (Fsp3) is 0.429. The number of halogens is 1. The van der Waals surface area contributed by atoms with Crippen molar-refractivity contribution in [3.63, 3.8) is 0 Å². The number of carbonyl (C=O) groups excluding carboxylic acids is 1. The third-order valence-corrected chi connectivity index (χ3v) is 3.93. The molecule has 1 aromatic carbocycles. The van der Waals surface area contributed by atoms with E-state index in [0.29, 0.717) is 19.4 Å². The van der Waals surface area contributed by atoms with Gasteiger partial charge in [0.1, 0.15) is 5.41 Å². The van der Waals surface area contributed by atoms with Crippen molar-refractivity contribution in [3.05, 3.63) is 33.8 Å². The summed E-state index contributed by atoms with van der Waals surface area (Å²) in [5, 5.41) is 9.04. The highest BCUT2D eigenvalue weighted by Gasteiger charge is 2.51. The van der Waals surface area contributed by atoms with E-state index in [1.165, 1.54) is 0 Å². The number of amides is 1. The summed E-state index contributed by atoms with van der Waals surface area (Å²) in [4.78, 5) is 13.8. The van der Waals surface area contributed by atoms with Gasteiger partial charge in [0, 0.05) is 18.1 Å². The minimum absolute atomic E-state index is 0.0515. The van der Waals surface area contributed by atoms with Crippen molar-refractivity contribution in [2.24, 2.45) is 5.41 Å². The summed E-state index contributed by atoms with van der Waals surface area (Å²) < 4.78 is 1.00. The van der Waals surface area contributed by atoms with E-state index in [2.05, 4.69) is 22.0 Å². The van der Waals surface area contributed by atoms with Gasteiger partial charge in [0.25, 0.3) is 0 Å². The predicted molar refractivity (Wildman–Crippen MR) is 72.6 cm³/mol. The van der Waals surface area contributed by atoms with Gasteiger partial charge >= 0.3 is 0 Å². The van der Waals surface area contributed by atoms with Crippen LogP contribution in [0.15, 0.2) is 22.7 Å². The van der Waals surface area contributed by atoms with Gasteiger partial charge in [-0.05, 0) is 43.0 Å². The van der Waals surface area contributed by atoms with Crippen molar-refractivity contribution < 1.29 is 4.79 Å². The Morgan fingerprint density at radius 2 is 2.22 bits per heavy atom. The fourth-order valence-corrected chi connectivity index (χ4v) is 2.41. The van der Waals surface area contributed by atoms with Crippen LogP contribution in [-0.2, 0) is 11.3 Å². The lowest BCUT2D eigenvalue weighted by Crippen LogP contribution is -2.33. The van der Waals surface area contributed by atoms with Crippen LogP contribution in [0.4, 0.5) is 0 Å². The summed E-state index contributed by atoms with van der Waals surface area (Å²) in [6.07, 6.45) is 1.40. The van der Waals surface area contributed by atoms with Crippen LogP contribution in [-0.4, -0.2) is 17.9 Å². The van der Waals surface area contributed by atoms with Crippen molar-refractivity contribution in [2.75, 3.05) is 7.05 Å². The molecule has 0 N–H and O–H groups in total. The van der Waals surface area contributed by atoms with Gasteiger partial charge in [0.15, 0.2) is 0 Å².